The maximum absolute atomic E-state index is 14.0. The van der Waals surface area contributed by atoms with Gasteiger partial charge in [0.05, 0.1) is 11.4 Å². The van der Waals surface area contributed by atoms with Crippen LogP contribution in [0, 0.1) is 11.8 Å². The van der Waals surface area contributed by atoms with Crippen molar-refractivity contribution in [2.45, 2.75) is 65.2 Å². The second kappa shape index (κ2) is 11.6. The zero-order chi connectivity index (χ0) is 32.3. The maximum Gasteiger partial charge on any atom is 0.308 e. The molecule has 8 nitrogen and oxygen atoms in total. The highest BCUT2D eigenvalue weighted by Crippen LogP contribution is 2.50. The van der Waals surface area contributed by atoms with Crippen LogP contribution in [0.2, 0.25) is 0 Å². The van der Waals surface area contributed by atoms with E-state index < -0.39 is 11.9 Å². The number of ether oxygens (including phenoxy) is 2. The Bertz CT molecular complexity index is 1790. The predicted molar refractivity (Wildman–Crippen MR) is 177 cm³/mol. The van der Waals surface area contributed by atoms with Crippen LogP contribution in [0.25, 0.3) is 21.5 Å². The van der Waals surface area contributed by atoms with Crippen molar-refractivity contribution in [3.8, 4) is 11.5 Å². The van der Waals surface area contributed by atoms with Crippen LogP contribution in [-0.4, -0.2) is 36.8 Å². The van der Waals surface area contributed by atoms with Crippen molar-refractivity contribution < 1.29 is 28.7 Å². The average Bonchev–Trinajstić information content (AvgIpc) is 3.58. The molecule has 0 saturated heterocycles. The molecule has 2 atom stereocenters. The third-order valence-electron chi connectivity index (χ3n) is 10.1. The molecular formula is C38H38N2O6. The molecule has 3 aliphatic rings. The number of rotatable bonds is 6. The van der Waals surface area contributed by atoms with Gasteiger partial charge < -0.3 is 19.3 Å². The van der Waals surface area contributed by atoms with Crippen LogP contribution >= 0.6 is 0 Å². The van der Waals surface area contributed by atoms with Gasteiger partial charge in [0.2, 0.25) is 11.8 Å². The van der Waals surface area contributed by atoms with E-state index in [2.05, 4.69) is 13.8 Å². The first-order chi connectivity index (χ1) is 22.2. The van der Waals surface area contributed by atoms with E-state index in [1.165, 1.54) is 13.8 Å². The van der Waals surface area contributed by atoms with Crippen LogP contribution in [0.5, 0.6) is 11.5 Å². The SMILES string of the molecule is CCC1CN(C(=O)C2CC(C(=O)N3CC(CC)c4c3cc(OC(C)=O)c3ccccc43)C2)c2cc(OC(C)=O)c3ccccc3c21. The summed E-state index contributed by atoms with van der Waals surface area (Å²) in [6.07, 6.45) is 2.71. The molecule has 0 bridgehead atoms. The third kappa shape index (κ3) is 4.82. The molecule has 0 aromatic heterocycles. The number of benzene rings is 4. The van der Waals surface area contributed by atoms with E-state index in [-0.39, 0.29) is 35.5 Å². The number of amides is 2. The Kier molecular flexibility index (Phi) is 7.54. The highest BCUT2D eigenvalue weighted by Gasteiger charge is 2.46. The van der Waals surface area contributed by atoms with Gasteiger partial charge in [-0.05, 0) is 47.6 Å². The van der Waals surface area contributed by atoms with Gasteiger partial charge >= 0.3 is 11.9 Å². The van der Waals surface area contributed by atoms with Gasteiger partial charge in [-0.25, -0.2) is 0 Å². The number of anilines is 2. The minimum atomic E-state index is -0.407. The molecule has 2 aliphatic heterocycles. The largest absolute Gasteiger partial charge is 0.426 e. The Hall–Kier alpha value is -4.72. The lowest BCUT2D eigenvalue weighted by atomic mass is 9.73. The van der Waals surface area contributed by atoms with E-state index in [0.29, 0.717) is 37.4 Å². The topological polar surface area (TPSA) is 93.2 Å². The summed E-state index contributed by atoms with van der Waals surface area (Å²) in [6, 6.07) is 19.4. The second-order valence-corrected chi connectivity index (χ2v) is 12.9. The van der Waals surface area contributed by atoms with Crippen LogP contribution in [0.4, 0.5) is 11.4 Å². The van der Waals surface area contributed by atoms with Crippen molar-refractivity contribution >= 4 is 56.7 Å². The summed E-state index contributed by atoms with van der Waals surface area (Å²) in [5, 5.41) is 3.72. The zero-order valence-electron chi connectivity index (χ0n) is 26.7. The van der Waals surface area contributed by atoms with Crippen LogP contribution in [-0.2, 0) is 19.2 Å². The number of hydrogen-bond donors (Lipinski definition) is 0. The summed E-state index contributed by atoms with van der Waals surface area (Å²) in [6.45, 7) is 8.15. The van der Waals surface area contributed by atoms with E-state index in [1.54, 1.807) is 0 Å². The van der Waals surface area contributed by atoms with Crippen molar-refractivity contribution in [3.05, 3.63) is 71.8 Å². The number of fused-ring (bicyclic) bond motifs is 6. The normalized spacial score (nSPS) is 21.6. The first-order valence-electron chi connectivity index (χ1n) is 16.3. The minimum Gasteiger partial charge on any atom is -0.426 e. The standard InChI is InChI=1S/C38H38N2O6/c1-5-23-19-39(31-17-33(45-21(3)41)27-11-7-9-13-29(27)35(23)31)37(43)25-15-26(16-25)38(44)40-20-24(6-2)36-30-14-10-8-12-28(30)34(18-32(36)40)46-22(4)42/h7-14,17-18,23-26H,5-6,15-16,19-20H2,1-4H3. The van der Waals surface area contributed by atoms with Crippen LogP contribution < -0.4 is 19.3 Å². The van der Waals surface area contributed by atoms with Gasteiger partial charge in [-0.15, -0.1) is 0 Å². The quantitative estimate of drug-likeness (QED) is 0.167. The summed E-state index contributed by atoms with van der Waals surface area (Å²) < 4.78 is 11.2. The molecule has 236 valence electrons. The van der Waals surface area contributed by atoms with Gasteiger partial charge in [0.25, 0.3) is 0 Å². The zero-order valence-corrected chi connectivity index (χ0v) is 26.7. The van der Waals surface area contributed by atoms with E-state index in [1.807, 2.05) is 70.5 Å². The molecule has 4 aromatic carbocycles. The molecule has 2 heterocycles. The monoisotopic (exact) mass is 618 g/mol. The average molecular weight is 619 g/mol. The third-order valence-corrected chi connectivity index (χ3v) is 10.1. The molecule has 0 spiro atoms. The van der Waals surface area contributed by atoms with Gasteiger partial charge in [-0.2, -0.15) is 0 Å². The lowest BCUT2D eigenvalue weighted by molar-refractivity contribution is -0.133. The minimum absolute atomic E-state index is 0.0155. The summed E-state index contributed by atoms with van der Waals surface area (Å²) >= 11 is 0. The summed E-state index contributed by atoms with van der Waals surface area (Å²) in [5.41, 5.74) is 3.82. The predicted octanol–water partition coefficient (Wildman–Crippen LogP) is 7.25. The first-order valence-corrected chi connectivity index (χ1v) is 16.3. The van der Waals surface area contributed by atoms with Crippen molar-refractivity contribution in [1.82, 2.24) is 0 Å². The number of hydrogen-bond acceptors (Lipinski definition) is 6. The summed E-state index contributed by atoms with van der Waals surface area (Å²) in [5.74, 6) is -0.0684. The molecule has 1 fully saturated rings. The smallest absolute Gasteiger partial charge is 0.308 e. The number of carbonyl (C=O) groups is 4. The van der Waals surface area contributed by atoms with Gasteiger partial charge in [0.15, 0.2) is 0 Å². The van der Waals surface area contributed by atoms with E-state index in [0.717, 1.165) is 56.9 Å². The fourth-order valence-corrected chi connectivity index (χ4v) is 7.85. The van der Waals surface area contributed by atoms with Gasteiger partial charge in [-0.3, -0.25) is 19.2 Å². The Labute approximate surface area is 268 Å². The molecule has 1 saturated carbocycles. The molecule has 8 heteroatoms. The molecule has 46 heavy (non-hydrogen) atoms. The van der Waals surface area contributed by atoms with E-state index in [9.17, 15) is 19.2 Å². The van der Waals surface area contributed by atoms with Crippen LogP contribution in [0.15, 0.2) is 60.7 Å². The highest BCUT2D eigenvalue weighted by atomic mass is 16.5. The molecule has 4 aromatic rings. The molecular weight excluding hydrogens is 580 g/mol. The number of carbonyl (C=O) groups excluding carboxylic acids is 4. The molecule has 7 rings (SSSR count). The molecule has 1 aliphatic carbocycles. The Morgan fingerprint density at radius 2 is 1.00 bits per heavy atom. The molecule has 0 N–H and O–H groups in total. The van der Waals surface area contributed by atoms with Crippen LogP contribution in [0.1, 0.15) is 76.3 Å². The van der Waals surface area contributed by atoms with Gasteiger partial charge in [0, 0.05) is 73.5 Å². The highest BCUT2D eigenvalue weighted by molar-refractivity contribution is 6.08. The Morgan fingerprint density at radius 3 is 1.35 bits per heavy atom. The fourth-order valence-electron chi connectivity index (χ4n) is 7.85. The summed E-state index contributed by atoms with van der Waals surface area (Å²) in [7, 11) is 0. The second-order valence-electron chi connectivity index (χ2n) is 12.9. The molecule has 2 unspecified atom stereocenters. The van der Waals surface area contributed by atoms with E-state index >= 15 is 0 Å². The number of esters is 2. The maximum atomic E-state index is 14.0. The van der Waals surface area contributed by atoms with Crippen molar-refractivity contribution in [1.29, 1.82) is 0 Å². The van der Waals surface area contributed by atoms with Gasteiger partial charge in [-0.1, -0.05) is 62.4 Å². The molecule has 2 amide bonds. The van der Waals surface area contributed by atoms with E-state index in [4.69, 9.17) is 9.47 Å². The number of nitrogens with zero attached hydrogens (tertiary/aromatic N) is 2. The Balaban J connectivity index is 1.15. The lowest BCUT2D eigenvalue weighted by Gasteiger charge is -2.38. The van der Waals surface area contributed by atoms with Crippen molar-refractivity contribution in [3.63, 3.8) is 0 Å². The van der Waals surface area contributed by atoms with Gasteiger partial charge in [0.1, 0.15) is 11.5 Å². The van der Waals surface area contributed by atoms with Crippen LogP contribution in [0.3, 0.4) is 0 Å². The molecule has 0 radical (unpaired) electrons. The first kappa shape index (κ1) is 30.0. The Morgan fingerprint density at radius 1 is 0.630 bits per heavy atom. The van der Waals surface area contributed by atoms with Crippen molar-refractivity contribution in [2.24, 2.45) is 11.8 Å². The lowest BCUT2D eigenvalue weighted by Crippen LogP contribution is -2.47. The summed E-state index contributed by atoms with van der Waals surface area (Å²) in [4.78, 5) is 55.7. The fraction of sp³-hybridized carbons (Fsp3) is 0.368. The van der Waals surface area contributed by atoms with Crippen molar-refractivity contribution in [2.75, 3.05) is 22.9 Å².